The maximum atomic E-state index is 14.0. The van der Waals surface area contributed by atoms with Crippen molar-refractivity contribution in [2.75, 3.05) is 0 Å². The van der Waals surface area contributed by atoms with Crippen LogP contribution in [0.5, 0.6) is 0 Å². The summed E-state index contributed by atoms with van der Waals surface area (Å²) in [6, 6.07) is 1.59. The number of carbonyl (C=O) groups is 2. The molecule has 0 fully saturated rings. The highest BCUT2D eigenvalue weighted by atomic mass is 19.4. The number of allylic oxidation sites excluding steroid dienone is 3. The zero-order valence-electron chi connectivity index (χ0n) is 16.7. The van der Waals surface area contributed by atoms with E-state index in [4.69, 9.17) is 11.5 Å². The van der Waals surface area contributed by atoms with Gasteiger partial charge in [-0.3, -0.25) is 14.6 Å². The molecule has 13 heteroatoms. The average molecular weight is 455 g/mol. The summed E-state index contributed by atoms with van der Waals surface area (Å²) < 4.78 is 53.3. The molecule has 5 N–H and O–H groups in total. The summed E-state index contributed by atoms with van der Waals surface area (Å²) in [5.41, 5.74) is 10.9. The molecule has 0 bridgehead atoms. The Morgan fingerprint density at radius 3 is 2.69 bits per heavy atom. The average Bonchev–Trinajstić information content (AvgIpc) is 3.17. The van der Waals surface area contributed by atoms with Gasteiger partial charge in [-0.15, -0.1) is 5.10 Å². The van der Waals surface area contributed by atoms with Gasteiger partial charge < -0.3 is 16.8 Å². The van der Waals surface area contributed by atoms with Crippen molar-refractivity contribution in [1.29, 1.82) is 0 Å². The van der Waals surface area contributed by atoms with Crippen molar-refractivity contribution in [1.82, 2.24) is 25.3 Å². The molecule has 0 radical (unpaired) electrons. The third-order valence-electron chi connectivity index (χ3n) is 4.05. The van der Waals surface area contributed by atoms with Crippen molar-refractivity contribution in [3.63, 3.8) is 0 Å². The maximum absolute atomic E-state index is 14.0. The molecule has 2 aromatic rings. The lowest BCUT2D eigenvalue weighted by atomic mass is 10.1. The van der Waals surface area contributed by atoms with Gasteiger partial charge in [0.1, 0.15) is 17.7 Å². The number of rotatable bonds is 10. The summed E-state index contributed by atoms with van der Waals surface area (Å²) >= 11 is 0. The first-order valence-electron chi connectivity index (χ1n) is 9.30. The number of aldehydes is 1. The standard InChI is InChI=1S/C19H21F4N7O2/c20-13(9-30-10-16(11-31)28-29-30)1-2-14(24)3-4-17(25)27-18(32)8-15-7-12(5-6-26-15)19(21,22)23/h3-7,10-11,13H,1-2,8-9,24-25H2,(H,27,32)/b14-3-,17-4+. The molecule has 172 valence electrons. The largest absolute Gasteiger partial charge is 0.416 e. The van der Waals surface area contributed by atoms with Crippen molar-refractivity contribution >= 4 is 12.2 Å². The van der Waals surface area contributed by atoms with Gasteiger partial charge in [0, 0.05) is 11.9 Å². The van der Waals surface area contributed by atoms with Crippen LogP contribution in [0.15, 0.2) is 48.2 Å². The zero-order valence-corrected chi connectivity index (χ0v) is 16.7. The molecule has 1 unspecified atom stereocenters. The number of nitrogens with one attached hydrogen (secondary N) is 1. The maximum Gasteiger partial charge on any atom is 0.416 e. The van der Waals surface area contributed by atoms with E-state index in [1.54, 1.807) is 0 Å². The lowest BCUT2D eigenvalue weighted by Gasteiger charge is -2.09. The number of pyridine rings is 1. The number of halogens is 4. The fourth-order valence-corrected chi connectivity index (χ4v) is 2.52. The van der Waals surface area contributed by atoms with Crippen LogP contribution < -0.4 is 16.8 Å². The number of nitrogens with two attached hydrogens (primary N) is 2. The predicted molar refractivity (Wildman–Crippen MR) is 105 cm³/mol. The Labute approximate surface area is 180 Å². The van der Waals surface area contributed by atoms with Gasteiger partial charge in [0.25, 0.3) is 0 Å². The van der Waals surface area contributed by atoms with E-state index in [2.05, 4.69) is 20.6 Å². The molecule has 0 spiro atoms. The highest BCUT2D eigenvalue weighted by molar-refractivity contribution is 5.79. The van der Waals surface area contributed by atoms with Crippen LogP contribution >= 0.6 is 0 Å². The molecule has 0 aromatic carbocycles. The molecule has 2 rings (SSSR count). The fraction of sp³-hybridized carbons (Fsp3) is 0.316. The second kappa shape index (κ2) is 11.0. The van der Waals surface area contributed by atoms with E-state index in [0.717, 1.165) is 18.3 Å². The van der Waals surface area contributed by atoms with Crippen LogP contribution in [0.4, 0.5) is 17.6 Å². The van der Waals surface area contributed by atoms with Crippen molar-refractivity contribution in [2.24, 2.45) is 11.5 Å². The number of amides is 1. The van der Waals surface area contributed by atoms with Crippen molar-refractivity contribution in [2.45, 2.75) is 38.2 Å². The lowest BCUT2D eigenvalue weighted by Crippen LogP contribution is -2.29. The minimum atomic E-state index is -4.54. The van der Waals surface area contributed by atoms with E-state index in [-0.39, 0.29) is 42.3 Å². The summed E-state index contributed by atoms with van der Waals surface area (Å²) in [6.45, 7) is -0.0915. The third kappa shape index (κ3) is 8.16. The van der Waals surface area contributed by atoms with Crippen LogP contribution in [0.3, 0.4) is 0 Å². The summed E-state index contributed by atoms with van der Waals surface area (Å²) in [7, 11) is 0. The van der Waals surface area contributed by atoms with Crippen LogP contribution in [-0.4, -0.2) is 38.3 Å². The summed E-state index contributed by atoms with van der Waals surface area (Å²) in [4.78, 5) is 26.2. The van der Waals surface area contributed by atoms with E-state index >= 15 is 0 Å². The van der Waals surface area contributed by atoms with Gasteiger partial charge in [-0.05, 0) is 37.1 Å². The number of nitrogens with zero attached hydrogens (tertiary/aromatic N) is 4. The molecule has 0 aliphatic carbocycles. The molecule has 0 aliphatic rings. The van der Waals surface area contributed by atoms with E-state index in [1.807, 2.05) is 0 Å². The van der Waals surface area contributed by atoms with Gasteiger partial charge in [-0.2, -0.15) is 13.2 Å². The minimum absolute atomic E-state index is 0.0678. The van der Waals surface area contributed by atoms with Gasteiger partial charge >= 0.3 is 6.18 Å². The third-order valence-corrected chi connectivity index (χ3v) is 4.05. The first-order valence-corrected chi connectivity index (χ1v) is 9.30. The zero-order chi connectivity index (χ0) is 23.7. The monoisotopic (exact) mass is 455 g/mol. The number of hydrogen-bond donors (Lipinski definition) is 3. The fourth-order valence-electron chi connectivity index (χ4n) is 2.52. The lowest BCUT2D eigenvalue weighted by molar-refractivity contribution is -0.137. The summed E-state index contributed by atoms with van der Waals surface area (Å²) in [5, 5.41) is 9.44. The Hall–Kier alpha value is -3.77. The number of alkyl halides is 4. The van der Waals surface area contributed by atoms with Gasteiger partial charge in [-0.25, -0.2) is 9.07 Å². The SMILES string of the molecule is N/C(=C\C=C(/N)NC(=O)Cc1cc(C(F)(F)F)ccn1)CCC(F)Cn1cc(C=O)nn1. The second-order valence-corrected chi connectivity index (χ2v) is 6.74. The number of aromatic nitrogens is 4. The Bertz CT molecular complexity index is 1000. The van der Waals surface area contributed by atoms with E-state index < -0.39 is 30.2 Å². The number of hydrogen-bond acceptors (Lipinski definition) is 7. The number of carbonyl (C=O) groups excluding carboxylic acids is 2. The van der Waals surface area contributed by atoms with E-state index in [9.17, 15) is 27.2 Å². The molecule has 32 heavy (non-hydrogen) atoms. The van der Waals surface area contributed by atoms with Gasteiger partial charge in [0.2, 0.25) is 5.91 Å². The first kappa shape index (κ1) is 24.5. The Morgan fingerprint density at radius 2 is 2.03 bits per heavy atom. The van der Waals surface area contributed by atoms with Gasteiger partial charge in [0.15, 0.2) is 6.29 Å². The van der Waals surface area contributed by atoms with Crippen molar-refractivity contribution in [3.05, 3.63) is 65.1 Å². The molecule has 0 saturated carbocycles. The quantitative estimate of drug-likeness (QED) is 0.281. The van der Waals surface area contributed by atoms with Crippen molar-refractivity contribution < 1.29 is 27.2 Å². The highest BCUT2D eigenvalue weighted by Gasteiger charge is 2.30. The molecule has 0 saturated heterocycles. The molecule has 0 aliphatic heterocycles. The van der Waals surface area contributed by atoms with Crippen LogP contribution in [0.1, 0.15) is 34.6 Å². The smallest absolute Gasteiger partial charge is 0.402 e. The normalized spacial score (nSPS) is 13.6. The molecule has 9 nitrogen and oxygen atoms in total. The Kier molecular flexibility index (Phi) is 8.44. The molecule has 1 amide bonds. The second-order valence-electron chi connectivity index (χ2n) is 6.74. The molecule has 2 heterocycles. The molecule has 1 atom stereocenters. The van der Waals surface area contributed by atoms with Crippen LogP contribution in [0.2, 0.25) is 0 Å². The molecule has 2 aromatic heterocycles. The van der Waals surface area contributed by atoms with E-state index in [1.165, 1.54) is 23.0 Å². The van der Waals surface area contributed by atoms with E-state index in [0.29, 0.717) is 6.29 Å². The molecular weight excluding hydrogens is 434 g/mol. The Balaban J connectivity index is 1.81. The van der Waals surface area contributed by atoms with Crippen LogP contribution in [0, 0.1) is 0 Å². The predicted octanol–water partition coefficient (Wildman–Crippen LogP) is 1.62. The highest BCUT2D eigenvalue weighted by Crippen LogP contribution is 2.29. The summed E-state index contributed by atoms with van der Waals surface area (Å²) in [5.74, 6) is -0.755. The topological polar surface area (TPSA) is 142 Å². The summed E-state index contributed by atoms with van der Waals surface area (Å²) in [6.07, 6.45) is -0.527. The minimum Gasteiger partial charge on any atom is -0.402 e. The van der Waals surface area contributed by atoms with Crippen LogP contribution in [-0.2, 0) is 23.9 Å². The van der Waals surface area contributed by atoms with Crippen molar-refractivity contribution in [3.8, 4) is 0 Å². The first-order chi connectivity index (χ1) is 15.1. The van der Waals surface area contributed by atoms with Gasteiger partial charge in [0.05, 0.1) is 30.4 Å². The Morgan fingerprint density at radius 1 is 1.28 bits per heavy atom. The molecular formula is C19H21F4N7O2. The van der Waals surface area contributed by atoms with Gasteiger partial charge in [-0.1, -0.05) is 5.21 Å². The van der Waals surface area contributed by atoms with Crippen LogP contribution in [0.25, 0.3) is 0 Å².